The van der Waals surface area contributed by atoms with E-state index in [1.807, 2.05) is 49.2 Å². The molecule has 1 unspecified atom stereocenters. The SMILES string of the molecule is CC(c1cccc(N)c1)N(C)c1ccc(C#N)c(Br)c1F. The summed E-state index contributed by atoms with van der Waals surface area (Å²) < 4.78 is 14.6. The highest BCUT2D eigenvalue weighted by Gasteiger charge is 2.19. The molecule has 0 aliphatic carbocycles. The molecule has 0 bridgehead atoms. The van der Waals surface area contributed by atoms with Gasteiger partial charge in [-0.2, -0.15) is 5.26 Å². The van der Waals surface area contributed by atoms with Crippen LogP contribution < -0.4 is 10.6 Å². The number of nitriles is 1. The predicted molar refractivity (Wildman–Crippen MR) is 86.5 cm³/mol. The van der Waals surface area contributed by atoms with Gasteiger partial charge in [0.25, 0.3) is 0 Å². The van der Waals surface area contributed by atoms with Crippen molar-refractivity contribution in [2.45, 2.75) is 13.0 Å². The summed E-state index contributed by atoms with van der Waals surface area (Å²) in [6, 6.07) is 12.6. The Balaban J connectivity index is 2.38. The van der Waals surface area contributed by atoms with E-state index in [0.29, 0.717) is 11.4 Å². The van der Waals surface area contributed by atoms with Crippen LogP contribution in [0.4, 0.5) is 15.8 Å². The molecule has 0 fully saturated rings. The van der Waals surface area contributed by atoms with Crippen molar-refractivity contribution in [3.63, 3.8) is 0 Å². The number of hydrogen-bond donors (Lipinski definition) is 1. The molecule has 0 saturated carbocycles. The van der Waals surface area contributed by atoms with Gasteiger partial charge >= 0.3 is 0 Å². The maximum Gasteiger partial charge on any atom is 0.161 e. The molecule has 0 aliphatic heterocycles. The molecule has 21 heavy (non-hydrogen) atoms. The second-order valence-electron chi connectivity index (χ2n) is 4.83. The predicted octanol–water partition coefficient (Wildman–Crippen LogP) is 4.24. The van der Waals surface area contributed by atoms with Crippen LogP contribution in [0.2, 0.25) is 0 Å². The first-order chi connectivity index (χ1) is 9.95. The standard InChI is InChI=1S/C16H15BrFN3/c1-10(11-4-3-5-13(20)8-11)21(2)14-7-6-12(9-19)15(17)16(14)18/h3-8,10H,20H2,1-2H3. The van der Waals surface area contributed by atoms with Gasteiger partial charge in [0, 0.05) is 12.7 Å². The summed E-state index contributed by atoms with van der Waals surface area (Å²) in [7, 11) is 1.81. The molecule has 2 aromatic rings. The third-order valence-electron chi connectivity index (χ3n) is 3.54. The number of nitrogens with zero attached hydrogens (tertiary/aromatic N) is 2. The van der Waals surface area contributed by atoms with Crippen LogP contribution in [0.1, 0.15) is 24.1 Å². The Morgan fingerprint density at radius 3 is 2.67 bits per heavy atom. The van der Waals surface area contributed by atoms with Gasteiger partial charge in [0.05, 0.1) is 21.8 Å². The number of anilines is 2. The highest BCUT2D eigenvalue weighted by atomic mass is 79.9. The van der Waals surface area contributed by atoms with Crippen LogP contribution in [0.15, 0.2) is 40.9 Å². The summed E-state index contributed by atoms with van der Waals surface area (Å²) in [6.07, 6.45) is 0. The molecular formula is C16H15BrFN3. The number of nitrogen functional groups attached to an aromatic ring is 1. The lowest BCUT2D eigenvalue weighted by molar-refractivity contribution is 0.605. The van der Waals surface area contributed by atoms with Crippen LogP contribution >= 0.6 is 15.9 Å². The van der Waals surface area contributed by atoms with Gasteiger partial charge in [-0.3, -0.25) is 0 Å². The summed E-state index contributed by atoms with van der Waals surface area (Å²) in [5, 5.41) is 8.92. The van der Waals surface area contributed by atoms with E-state index in [2.05, 4.69) is 15.9 Å². The lowest BCUT2D eigenvalue weighted by Crippen LogP contribution is -2.23. The molecule has 1 atom stereocenters. The highest BCUT2D eigenvalue weighted by molar-refractivity contribution is 9.10. The van der Waals surface area contributed by atoms with E-state index in [1.54, 1.807) is 12.1 Å². The summed E-state index contributed by atoms with van der Waals surface area (Å²) in [6.45, 7) is 1.97. The fourth-order valence-electron chi connectivity index (χ4n) is 2.15. The van der Waals surface area contributed by atoms with Crippen molar-refractivity contribution < 1.29 is 4.39 Å². The summed E-state index contributed by atoms with van der Waals surface area (Å²) >= 11 is 3.13. The summed E-state index contributed by atoms with van der Waals surface area (Å²) in [4.78, 5) is 1.82. The monoisotopic (exact) mass is 347 g/mol. The molecule has 108 valence electrons. The molecule has 0 saturated heterocycles. The molecule has 0 radical (unpaired) electrons. The lowest BCUT2D eigenvalue weighted by Gasteiger charge is -2.28. The minimum atomic E-state index is -0.438. The quantitative estimate of drug-likeness (QED) is 0.844. The zero-order valence-corrected chi connectivity index (χ0v) is 13.4. The van der Waals surface area contributed by atoms with E-state index in [4.69, 9.17) is 11.0 Å². The molecular weight excluding hydrogens is 333 g/mol. The van der Waals surface area contributed by atoms with Crippen LogP contribution in [0, 0.1) is 17.1 Å². The average molecular weight is 348 g/mol. The Morgan fingerprint density at radius 1 is 1.33 bits per heavy atom. The molecule has 0 heterocycles. The van der Waals surface area contributed by atoms with E-state index in [1.165, 1.54) is 0 Å². The maximum absolute atomic E-state index is 14.4. The van der Waals surface area contributed by atoms with Gasteiger partial charge in [-0.1, -0.05) is 12.1 Å². The van der Waals surface area contributed by atoms with Gasteiger partial charge in [-0.25, -0.2) is 4.39 Å². The Hall–Kier alpha value is -2.06. The largest absolute Gasteiger partial charge is 0.399 e. The first kappa shape index (κ1) is 15.3. The first-order valence-electron chi connectivity index (χ1n) is 6.42. The minimum Gasteiger partial charge on any atom is -0.399 e. The van der Waals surface area contributed by atoms with Crippen LogP contribution in [0.3, 0.4) is 0 Å². The van der Waals surface area contributed by atoms with Crippen LogP contribution in [0.25, 0.3) is 0 Å². The van der Waals surface area contributed by atoms with E-state index < -0.39 is 5.82 Å². The van der Waals surface area contributed by atoms with E-state index >= 15 is 0 Å². The van der Waals surface area contributed by atoms with Crippen molar-refractivity contribution in [3.8, 4) is 6.07 Å². The normalized spacial score (nSPS) is 11.8. The molecule has 0 amide bonds. The van der Waals surface area contributed by atoms with Crippen LogP contribution in [-0.4, -0.2) is 7.05 Å². The second kappa shape index (κ2) is 6.15. The first-order valence-corrected chi connectivity index (χ1v) is 7.21. The van der Waals surface area contributed by atoms with Crippen molar-refractivity contribution in [1.82, 2.24) is 0 Å². The minimum absolute atomic E-state index is 0.0529. The van der Waals surface area contributed by atoms with E-state index in [9.17, 15) is 4.39 Å². The fraction of sp³-hybridized carbons (Fsp3) is 0.188. The molecule has 3 nitrogen and oxygen atoms in total. The Kier molecular flexibility index (Phi) is 4.49. The molecule has 2 rings (SSSR count). The maximum atomic E-state index is 14.4. The fourth-order valence-corrected chi connectivity index (χ4v) is 2.57. The lowest BCUT2D eigenvalue weighted by atomic mass is 10.1. The summed E-state index contributed by atoms with van der Waals surface area (Å²) in [5.41, 5.74) is 8.17. The third kappa shape index (κ3) is 3.01. The number of benzene rings is 2. The molecule has 0 aromatic heterocycles. The van der Waals surface area contributed by atoms with Crippen LogP contribution in [0.5, 0.6) is 0 Å². The van der Waals surface area contributed by atoms with Crippen molar-refractivity contribution >= 4 is 27.3 Å². The van der Waals surface area contributed by atoms with Crippen molar-refractivity contribution in [2.75, 3.05) is 17.7 Å². The Morgan fingerprint density at radius 2 is 2.05 bits per heavy atom. The van der Waals surface area contributed by atoms with Crippen molar-refractivity contribution in [2.24, 2.45) is 0 Å². The molecule has 0 spiro atoms. The van der Waals surface area contributed by atoms with Gasteiger partial charge in [0.1, 0.15) is 6.07 Å². The van der Waals surface area contributed by atoms with Gasteiger partial charge in [-0.05, 0) is 52.7 Å². The Bertz CT molecular complexity index is 709. The van der Waals surface area contributed by atoms with E-state index in [0.717, 1.165) is 5.56 Å². The average Bonchev–Trinajstić information content (AvgIpc) is 2.48. The zero-order chi connectivity index (χ0) is 15.6. The number of halogens is 2. The van der Waals surface area contributed by atoms with Crippen molar-refractivity contribution in [1.29, 1.82) is 5.26 Å². The number of hydrogen-bond acceptors (Lipinski definition) is 3. The number of rotatable bonds is 3. The molecule has 0 aliphatic rings. The Labute approximate surface area is 131 Å². The third-order valence-corrected chi connectivity index (χ3v) is 4.31. The van der Waals surface area contributed by atoms with Gasteiger partial charge in [0.2, 0.25) is 0 Å². The van der Waals surface area contributed by atoms with E-state index in [-0.39, 0.29) is 16.1 Å². The van der Waals surface area contributed by atoms with Gasteiger partial charge in [0.15, 0.2) is 5.82 Å². The van der Waals surface area contributed by atoms with Crippen LogP contribution in [-0.2, 0) is 0 Å². The smallest absolute Gasteiger partial charge is 0.161 e. The molecule has 5 heteroatoms. The zero-order valence-electron chi connectivity index (χ0n) is 11.8. The van der Waals surface area contributed by atoms with Gasteiger partial charge < -0.3 is 10.6 Å². The highest BCUT2D eigenvalue weighted by Crippen LogP contribution is 2.33. The molecule has 2 N–H and O–H groups in total. The van der Waals surface area contributed by atoms with Crippen molar-refractivity contribution in [3.05, 3.63) is 57.8 Å². The number of nitrogens with two attached hydrogens (primary N) is 1. The topological polar surface area (TPSA) is 53.0 Å². The molecule has 2 aromatic carbocycles. The van der Waals surface area contributed by atoms with Gasteiger partial charge in [-0.15, -0.1) is 0 Å². The second-order valence-corrected chi connectivity index (χ2v) is 5.62. The summed E-state index contributed by atoms with van der Waals surface area (Å²) in [5.74, 6) is -0.438.